The Morgan fingerprint density at radius 2 is 2.43 bits per heavy atom. The molecular formula is C10H13ClN2O. The number of carbonyl (C=O) groups is 1. The molecule has 1 atom stereocenters. The van der Waals surface area contributed by atoms with E-state index >= 15 is 0 Å². The molecular weight excluding hydrogens is 200 g/mol. The van der Waals surface area contributed by atoms with Crippen LogP contribution in [0.5, 0.6) is 0 Å². The Bertz CT molecular complexity index is 326. The van der Waals surface area contributed by atoms with Crippen LogP contribution in [0.1, 0.15) is 23.0 Å². The average molecular weight is 213 g/mol. The first-order chi connectivity index (χ1) is 6.61. The van der Waals surface area contributed by atoms with Crippen LogP contribution in [0.4, 0.5) is 0 Å². The topological polar surface area (TPSA) is 42.0 Å². The third-order valence-electron chi connectivity index (χ3n) is 1.77. The molecule has 0 fully saturated rings. The number of amides is 1. The van der Waals surface area contributed by atoms with Gasteiger partial charge in [0.1, 0.15) is 5.69 Å². The van der Waals surface area contributed by atoms with Crippen molar-refractivity contribution in [2.45, 2.75) is 19.2 Å². The molecule has 3 nitrogen and oxygen atoms in total. The van der Waals surface area contributed by atoms with E-state index in [-0.39, 0.29) is 11.3 Å². The van der Waals surface area contributed by atoms with Crippen molar-refractivity contribution in [1.82, 2.24) is 10.3 Å². The molecule has 0 aromatic carbocycles. The minimum atomic E-state index is -0.171. The minimum absolute atomic E-state index is 0.0667. The molecule has 0 saturated carbocycles. The van der Waals surface area contributed by atoms with E-state index in [4.69, 9.17) is 11.6 Å². The lowest BCUT2D eigenvalue weighted by molar-refractivity contribution is 0.0948. The van der Waals surface area contributed by atoms with Crippen LogP contribution in [0, 0.1) is 6.92 Å². The van der Waals surface area contributed by atoms with Crippen LogP contribution in [-0.4, -0.2) is 22.8 Å². The Labute approximate surface area is 88.5 Å². The van der Waals surface area contributed by atoms with E-state index in [1.165, 1.54) is 0 Å². The second-order valence-electron chi connectivity index (χ2n) is 3.16. The summed E-state index contributed by atoms with van der Waals surface area (Å²) in [5.41, 5.74) is 1.33. The van der Waals surface area contributed by atoms with Gasteiger partial charge < -0.3 is 5.32 Å². The molecule has 1 rings (SSSR count). The average Bonchev–Trinajstić information content (AvgIpc) is 2.15. The van der Waals surface area contributed by atoms with Crippen LogP contribution in [0.2, 0.25) is 0 Å². The van der Waals surface area contributed by atoms with Gasteiger partial charge in [0, 0.05) is 18.1 Å². The maximum atomic E-state index is 11.5. The van der Waals surface area contributed by atoms with Gasteiger partial charge in [-0.3, -0.25) is 9.78 Å². The molecule has 14 heavy (non-hydrogen) atoms. The number of halogens is 1. The Balaban J connectivity index is 2.65. The quantitative estimate of drug-likeness (QED) is 0.776. The van der Waals surface area contributed by atoms with Gasteiger partial charge in [-0.15, -0.1) is 11.6 Å². The number of nitrogens with one attached hydrogen (secondary N) is 1. The van der Waals surface area contributed by atoms with Crippen molar-refractivity contribution in [3.63, 3.8) is 0 Å². The molecule has 1 aromatic rings. The number of aryl methyl sites for hydroxylation is 1. The molecule has 1 amide bonds. The second-order valence-corrected chi connectivity index (χ2v) is 3.90. The first-order valence-electron chi connectivity index (χ1n) is 4.45. The highest BCUT2D eigenvalue weighted by atomic mass is 35.5. The van der Waals surface area contributed by atoms with Gasteiger partial charge in [0.2, 0.25) is 0 Å². The Morgan fingerprint density at radius 1 is 1.71 bits per heavy atom. The van der Waals surface area contributed by atoms with Crippen molar-refractivity contribution >= 4 is 17.5 Å². The predicted octanol–water partition coefficient (Wildman–Crippen LogP) is 1.75. The molecule has 1 N–H and O–H groups in total. The third kappa shape index (κ3) is 3.00. The lowest BCUT2D eigenvalue weighted by atomic mass is 10.2. The monoisotopic (exact) mass is 212 g/mol. The van der Waals surface area contributed by atoms with Crippen LogP contribution in [0.15, 0.2) is 18.3 Å². The van der Waals surface area contributed by atoms with Crippen LogP contribution in [0.3, 0.4) is 0 Å². The molecule has 0 bridgehead atoms. The maximum Gasteiger partial charge on any atom is 0.270 e. The summed E-state index contributed by atoms with van der Waals surface area (Å²) in [5, 5.41) is 2.64. The second kappa shape index (κ2) is 4.96. The van der Waals surface area contributed by atoms with E-state index in [0.29, 0.717) is 12.2 Å². The van der Waals surface area contributed by atoms with Crippen molar-refractivity contribution < 1.29 is 4.79 Å². The minimum Gasteiger partial charge on any atom is -0.349 e. The van der Waals surface area contributed by atoms with Gasteiger partial charge in [-0.05, 0) is 25.5 Å². The first-order valence-corrected chi connectivity index (χ1v) is 4.89. The van der Waals surface area contributed by atoms with Crippen molar-refractivity contribution in [3.8, 4) is 0 Å². The summed E-state index contributed by atoms with van der Waals surface area (Å²) in [4.78, 5) is 15.5. The largest absolute Gasteiger partial charge is 0.349 e. The Hall–Kier alpha value is -1.09. The smallest absolute Gasteiger partial charge is 0.270 e. The normalized spacial score (nSPS) is 12.2. The highest BCUT2D eigenvalue weighted by molar-refractivity contribution is 6.20. The number of alkyl halides is 1. The molecule has 0 aliphatic rings. The number of hydrogen-bond donors (Lipinski definition) is 1. The number of carbonyl (C=O) groups excluding carboxylic acids is 1. The lowest BCUT2D eigenvalue weighted by Gasteiger charge is -2.07. The fraction of sp³-hybridized carbons (Fsp3) is 0.400. The molecule has 0 spiro atoms. The zero-order valence-electron chi connectivity index (χ0n) is 8.25. The number of hydrogen-bond acceptors (Lipinski definition) is 2. The van der Waals surface area contributed by atoms with Crippen LogP contribution >= 0.6 is 11.6 Å². The van der Waals surface area contributed by atoms with E-state index in [0.717, 1.165) is 5.56 Å². The zero-order valence-corrected chi connectivity index (χ0v) is 9.01. The molecule has 0 aliphatic heterocycles. The van der Waals surface area contributed by atoms with E-state index in [9.17, 15) is 4.79 Å². The van der Waals surface area contributed by atoms with Crippen LogP contribution in [0.25, 0.3) is 0 Å². The van der Waals surface area contributed by atoms with Crippen molar-refractivity contribution in [2.75, 3.05) is 6.54 Å². The third-order valence-corrected chi connectivity index (χ3v) is 1.92. The van der Waals surface area contributed by atoms with Crippen LogP contribution in [-0.2, 0) is 0 Å². The Morgan fingerprint density at radius 3 is 3.00 bits per heavy atom. The van der Waals surface area contributed by atoms with Gasteiger partial charge in [-0.25, -0.2) is 0 Å². The fourth-order valence-corrected chi connectivity index (χ4v) is 1.12. The highest BCUT2D eigenvalue weighted by Gasteiger charge is 2.09. The molecule has 1 aromatic heterocycles. The zero-order chi connectivity index (χ0) is 10.6. The van der Waals surface area contributed by atoms with Gasteiger partial charge in [-0.2, -0.15) is 0 Å². The van der Waals surface area contributed by atoms with Gasteiger partial charge in [0.15, 0.2) is 0 Å². The summed E-state index contributed by atoms with van der Waals surface area (Å²) in [7, 11) is 0. The highest BCUT2D eigenvalue weighted by Crippen LogP contribution is 2.02. The summed E-state index contributed by atoms with van der Waals surface area (Å²) < 4.78 is 0. The van der Waals surface area contributed by atoms with Crippen molar-refractivity contribution in [3.05, 3.63) is 29.6 Å². The van der Waals surface area contributed by atoms with E-state index in [1.807, 2.05) is 19.9 Å². The molecule has 0 aliphatic carbocycles. The summed E-state index contributed by atoms with van der Waals surface area (Å²) in [6, 6.07) is 3.66. The number of rotatable bonds is 3. The molecule has 0 saturated heterocycles. The van der Waals surface area contributed by atoms with Gasteiger partial charge in [-0.1, -0.05) is 6.07 Å². The first kappa shape index (κ1) is 11.0. The van der Waals surface area contributed by atoms with Crippen molar-refractivity contribution in [2.24, 2.45) is 0 Å². The molecule has 0 radical (unpaired) electrons. The molecule has 76 valence electrons. The Kier molecular flexibility index (Phi) is 3.89. The summed E-state index contributed by atoms with van der Waals surface area (Å²) in [6.07, 6.45) is 1.60. The van der Waals surface area contributed by atoms with E-state index in [2.05, 4.69) is 10.3 Å². The maximum absolute atomic E-state index is 11.5. The van der Waals surface area contributed by atoms with Crippen LogP contribution < -0.4 is 5.32 Å². The fourth-order valence-electron chi connectivity index (χ4n) is 1.04. The molecule has 4 heteroatoms. The number of pyridine rings is 1. The van der Waals surface area contributed by atoms with Crippen molar-refractivity contribution in [1.29, 1.82) is 0 Å². The summed E-state index contributed by atoms with van der Waals surface area (Å²) >= 11 is 5.71. The van der Waals surface area contributed by atoms with Gasteiger partial charge in [0.05, 0.1) is 0 Å². The lowest BCUT2D eigenvalue weighted by Crippen LogP contribution is -2.29. The number of aromatic nitrogens is 1. The standard InChI is InChI=1S/C10H13ClN2O/c1-7-4-3-5-12-9(7)10(14)13-6-8(2)11/h3-5,8H,6H2,1-2H3,(H,13,14). The summed E-state index contributed by atoms with van der Waals surface area (Å²) in [5.74, 6) is -0.171. The van der Waals surface area contributed by atoms with E-state index in [1.54, 1.807) is 12.3 Å². The van der Waals surface area contributed by atoms with E-state index < -0.39 is 0 Å². The molecule has 1 heterocycles. The number of nitrogens with zero attached hydrogens (tertiary/aromatic N) is 1. The predicted molar refractivity (Wildman–Crippen MR) is 56.6 cm³/mol. The summed E-state index contributed by atoms with van der Waals surface area (Å²) in [6.45, 7) is 4.13. The molecule has 1 unspecified atom stereocenters. The SMILES string of the molecule is Cc1cccnc1C(=O)NCC(C)Cl. The van der Waals surface area contributed by atoms with Gasteiger partial charge in [0.25, 0.3) is 5.91 Å². The van der Waals surface area contributed by atoms with Gasteiger partial charge >= 0.3 is 0 Å².